The summed E-state index contributed by atoms with van der Waals surface area (Å²) in [5, 5.41) is 4.08. The smallest absolute Gasteiger partial charge is 0.321 e. The molecule has 3 rings (SSSR count). The van der Waals surface area contributed by atoms with E-state index >= 15 is 0 Å². The Hall–Kier alpha value is -2.95. The Bertz CT molecular complexity index is 959. The first kappa shape index (κ1) is 18.8. The van der Waals surface area contributed by atoms with Gasteiger partial charge >= 0.3 is 6.03 Å². The number of carbonyl (C=O) groups excluding carboxylic acids is 1. The molecule has 1 aromatic heterocycles. The van der Waals surface area contributed by atoms with E-state index < -0.39 is 0 Å². The minimum absolute atomic E-state index is 0.136. The maximum absolute atomic E-state index is 12.7. The van der Waals surface area contributed by atoms with Crippen molar-refractivity contribution in [2.24, 2.45) is 0 Å². The van der Waals surface area contributed by atoms with Crippen molar-refractivity contribution in [2.75, 3.05) is 31.4 Å². The molecule has 2 aromatic carbocycles. The quantitative estimate of drug-likeness (QED) is 0.689. The summed E-state index contributed by atoms with van der Waals surface area (Å²) in [6.07, 6.45) is 0.796. The molecular weight excluding hydrogens is 338 g/mol. The minimum Gasteiger partial charge on any atom is -0.461 e. The van der Waals surface area contributed by atoms with Crippen LogP contribution < -0.4 is 10.2 Å². The summed E-state index contributed by atoms with van der Waals surface area (Å²) in [5.41, 5.74) is 4.91. The van der Waals surface area contributed by atoms with Crippen molar-refractivity contribution in [2.45, 2.75) is 26.8 Å². The molecule has 0 saturated heterocycles. The number of benzene rings is 2. The molecule has 27 heavy (non-hydrogen) atoms. The summed E-state index contributed by atoms with van der Waals surface area (Å²) in [6, 6.07) is 13.8. The zero-order valence-electron chi connectivity index (χ0n) is 16.7. The number of anilines is 2. The van der Waals surface area contributed by atoms with Crippen molar-refractivity contribution in [3.05, 3.63) is 59.4 Å². The summed E-state index contributed by atoms with van der Waals surface area (Å²) >= 11 is 0. The van der Waals surface area contributed by atoms with Crippen LogP contribution in [0.1, 0.15) is 23.8 Å². The second-order valence-corrected chi connectivity index (χ2v) is 7.03. The molecule has 2 amide bonds. The van der Waals surface area contributed by atoms with Crippen LogP contribution in [0.4, 0.5) is 16.2 Å². The van der Waals surface area contributed by atoms with Gasteiger partial charge in [0.2, 0.25) is 0 Å². The molecule has 1 N–H and O–H groups in total. The number of carbonyl (C=O) groups is 1. The lowest BCUT2D eigenvalue weighted by Gasteiger charge is -2.20. The highest BCUT2D eigenvalue weighted by molar-refractivity contribution is 5.91. The molecule has 0 unspecified atom stereocenters. The molecule has 3 aromatic rings. The van der Waals surface area contributed by atoms with Gasteiger partial charge in [-0.2, -0.15) is 0 Å². The Morgan fingerprint density at radius 2 is 1.85 bits per heavy atom. The van der Waals surface area contributed by atoms with Crippen molar-refractivity contribution < 1.29 is 9.21 Å². The van der Waals surface area contributed by atoms with E-state index in [0.29, 0.717) is 6.54 Å². The Morgan fingerprint density at radius 3 is 2.52 bits per heavy atom. The number of amides is 2. The van der Waals surface area contributed by atoms with E-state index in [-0.39, 0.29) is 6.03 Å². The molecule has 0 aliphatic heterocycles. The van der Waals surface area contributed by atoms with Gasteiger partial charge in [-0.15, -0.1) is 0 Å². The highest BCUT2D eigenvalue weighted by Crippen LogP contribution is 2.28. The van der Waals surface area contributed by atoms with Crippen LogP contribution in [0.25, 0.3) is 11.0 Å². The van der Waals surface area contributed by atoms with Gasteiger partial charge in [0.15, 0.2) is 0 Å². The van der Waals surface area contributed by atoms with E-state index in [4.69, 9.17) is 4.42 Å². The van der Waals surface area contributed by atoms with Crippen molar-refractivity contribution in [1.82, 2.24) is 4.90 Å². The number of para-hydroxylation sites is 1. The van der Waals surface area contributed by atoms with E-state index in [2.05, 4.69) is 18.3 Å². The molecule has 5 heteroatoms. The van der Waals surface area contributed by atoms with Gasteiger partial charge in [0.1, 0.15) is 11.3 Å². The van der Waals surface area contributed by atoms with Gasteiger partial charge in [-0.25, -0.2) is 4.79 Å². The summed E-state index contributed by atoms with van der Waals surface area (Å²) in [4.78, 5) is 16.5. The van der Waals surface area contributed by atoms with E-state index in [1.165, 1.54) is 0 Å². The van der Waals surface area contributed by atoms with E-state index in [1.54, 1.807) is 11.9 Å². The normalized spacial score (nSPS) is 10.9. The number of hydrogen-bond acceptors (Lipinski definition) is 3. The predicted octanol–water partition coefficient (Wildman–Crippen LogP) is 5.03. The van der Waals surface area contributed by atoms with Crippen molar-refractivity contribution in [1.29, 1.82) is 0 Å². The van der Waals surface area contributed by atoms with Gasteiger partial charge in [0.05, 0.1) is 6.54 Å². The van der Waals surface area contributed by atoms with Gasteiger partial charge in [0, 0.05) is 49.9 Å². The number of nitrogens with zero attached hydrogens (tertiary/aromatic N) is 2. The van der Waals surface area contributed by atoms with Gasteiger partial charge in [0.25, 0.3) is 0 Å². The summed E-state index contributed by atoms with van der Waals surface area (Å²) in [5.74, 6) is 0.933. The third-order valence-electron chi connectivity index (χ3n) is 4.81. The molecular formula is C22H27N3O2. The third kappa shape index (κ3) is 3.92. The predicted molar refractivity (Wildman–Crippen MR) is 112 cm³/mol. The Kier molecular flexibility index (Phi) is 5.40. The van der Waals surface area contributed by atoms with Gasteiger partial charge in [-0.1, -0.05) is 25.1 Å². The van der Waals surface area contributed by atoms with Crippen LogP contribution in [0.5, 0.6) is 0 Å². The average Bonchev–Trinajstić information content (AvgIpc) is 3.00. The van der Waals surface area contributed by atoms with E-state index in [1.807, 2.05) is 62.3 Å². The topological polar surface area (TPSA) is 48.7 Å². The zero-order valence-corrected chi connectivity index (χ0v) is 16.7. The molecule has 0 spiro atoms. The van der Waals surface area contributed by atoms with E-state index in [9.17, 15) is 4.79 Å². The number of aryl methyl sites for hydroxylation is 2. The van der Waals surface area contributed by atoms with Gasteiger partial charge < -0.3 is 19.5 Å². The molecule has 0 atom stereocenters. The fourth-order valence-electron chi connectivity index (χ4n) is 3.19. The first-order chi connectivity index (χ1) is 12.9. The standard InChI is InChI=1S/C22H27N3O2/c1-6-20-18(17-9-7-8-10-21(17)27-20)14-25(5)22(26)23-19-12-11-16(24(3)4)13-15(19)2/h7-13H,6,14H2,1-5H3,(H,23,26). The lowest BCUT2D eigenvalue weighted by atomic mass is 10.1. The maximum atomic E-state index is 12.7. The molecule has 0 saturated carbocycles. The average molecular weight is 365 g/mol. The molecule has 0 aliphatic rings. The molecule has 142 valence electrons. The SMILES string of the molecule is CCc1oc2ccccc2c1CN(C)C(=O)Nc1ccc(N(C)C)cc1C. The second kappa shape index (κ2) is 7.74. The van der Waals surface area contributed by atoms with Gasteiger partial charge in [-0.3, -0.25) is 0 Å². The van der Waals surface area contributed by atoms with Crippen LogP contribution in [0, 0.1) is 6.92 Å². The van der Waals surface area contributed by atoms with Crippen LogP contribution in [-0.4, -0.2) is 32.1 Å². The highest BCUT2D eigenvalue weighted by Gasteiger charge is 2.17. The van der Waals surface area contributed by atoms with Crippen molar-refractivity contribution >= 4 is 28.4 Å². The zero-order chi connectivity index (χ0) is 19.6. The lowest BCUT2D eigenvalue weighted by molar-refractivity contribution is 0.220. The molecule has 0 aliphatic carbocycles. The molecule has 0 bridgehead atoms. The molecule has 1 heterocycles. The Labute approximate surface area is 160 Å². The monoisotopic (exact) mass is 365 g/mol. The minimum atomic E-state index is -0.136. The summed E-state index contributed by atoms with van der Waals surface area (Å²) < 4.78 is 5.94. The third-order valence-corrected chi connectivity index (χ3v) is 4.81. The Balaban J connectivity index is 1.77. The first-order valence-electron chi connectivity index (χ1n) is 9.20. The van der Waals surface area contributed by atoms with Crippen LogP contribution >= 0.6 is 0 Å². The molecule has 0 radical (unpaired) electrons. The molecule has 0 fully saturated rings. The first-order valence-corrected chi connectivity index (χ1v) is 9.20. The highest BCUT2D eigenvalue weighted by atomic mass is 16.3. The van der Waals surface area contributed by atoms with Crippen molar-refractivity contribution in [3.8, 4) is 0 Å². The molecule has 5 nitrogen and oxygen atoms in total. The Morgan fingerprint density at radius 1 is 1.11 bits per heavy atom. The van der Waals surface area contributed by atoms with Crippen LogP contribution in [0.2, 0.25) is 0 Å². The number of hydrogen-bond donors (Lipinski definition) is 1. The van der Waals surface area contributed by atoms with Crippen LogP contribution in [0.3, 0.4) is 0 Å². The van der Waals surface area contributed by atoms with Crippen molar-refractivity contribution in [3.63, 3.8) is 0 Å². The second-order valence-electron chi connectivity index (χ2n) is 7.03. The summed E-state index contributed by atoms with van der Waals surface area (Å²) in [7, 11) is 5.81. The van der Waals surface area contributed by atoms with E-state index in [0.717, 1.165) is 45.7 Å². The fourth-order valence-corrected chi connectivity index (χ4v) is 3.19. The van der Waals surface area contributed by atoms with Gasteiger partial charge in [-0.05, 0) is 36.8 Å². The number of furan rings is 1. The number of urea groups is 1. The maximum Gasteiger partial charge on any atom is 0.321 e. The largest absolute Gasteiger partial charge is 0.461 e. The fraction of sp³-hybridized carbons (Fsp3) is 0.318. The number of rotatable bonds is 5. The lowest BCUT2D eigenvalue weighted by Crippen LogP contribution is -2.31. The van der Waals surface area contributed by atoms with Crippen LogP contribution in [0.15, 0.2) is 46.9 Å². The number of fused-ring (bicyclic) bond motifs is 1. The number of nitrogens with one attached hydrogen (secondary N) is 1. The van der Waals surface area contributed by atoms with Crippen LogP contribution in [-0.2, 0) is 13.0 Å². The summed E-state index contributed by atoms with van der Waals surface area (Å²) in [6.45, 7) is 4.57.